The lowest BCUT2D eigenvalue weighted by Gasteiger charge is -2.12. The molecule has 2 N–H and O–H groups in total. The van der Waals surface area contributed by atoms with Crippen molar-refractivity contribution in [2.24, 2.45) is 0 Å². The Morgan fingerprint density at radius 3 is 2.48 bits per heavy atom. The van der Waals surface area contributed by atoms with Gasteiger partial charge < -0.3 is 10.5 Å². The molecule has 0 atom stereocenters. The number of para-hydroxylation sites is 2. The number of anilines is 1. The number of nitrogens with zero attached hydrogens (tertiary/aromatic N) is 1. The Labute approximate surface area is 124 Å². The summed E-state index contributed by atoms with van der Waals surface area (Å²) in [4.78, 5) is 4.73. The Bertz CT molecular complexity index is 767. The summed E-state index contributed by atoms with van der Waals surface area (Å²) in [5.74, 6) is 1.84. The second-order valence-corrected chi connectivity index (χ2v) is 5.36. The van der Waals surface area contributed by atoms with Crippen LogP contribution in [-0.2, 0) is 0 Å². The van der Waals surface area contributed by atoms with Gasteiger partial charge in [-0.2, -0.15) is 0 Å². The third-order valence-corrected chi connectivity index (χ3v) is 3.42. The van der Waals surface area contributed by atoms with Gasteiger partial charge in [-0.1, -0.05) is 44.2 Å². The van der Waals surface area contributed by atoms with Gasteiger partial charge in [0.05, 0.1) is 0 Å². The highest BCUT2D eigenvalue weighted by molar-refractivity contribution is 5.94. The van der Waals surface area contributed by atoms with Gasteiger partial charge in [0, 0.05) is 16.8 Å². The standard InChI is InChI=1S/C18H18N2O/c1-12(2)16-11-15(19)14-9-6-10-17(18(14)20-16)21-13-7-4-3-5-8-13/h3-12H,1-2H3,(H2,19,20). The molecule has 3 rings (SSSR count). The first kappa shape index (κ1) is 13.4. The van der Waals surface area contributed by atoms with E-state index < -0.39 is 0 Å². The number of pyridine rings is 1. The van der Waals surface area contributed by atoms with Crippen LogP contribution in [0, 0.1) is 0 Å². The molecule has 0 unspecified atom stereocenters. The van der Waals surface area contributed by atoms with E-state index in [-0.39, 0.29) is 0 Å². The maximum atomic E-state index is 6.16. The van der Waals surface area contributed by atoms with Gasteiger partial charge in [0.15, 0.2) is 5.75 Å². The second-order valence-electron chi connectivity index (χ2n) is 5.36. The van der Waals surface area contributed by atoms with Gasteiger partial charge in [0.25, 0.3) is 0 Å². The summed E-state index contributed by atoms with van der Waals surface area (Å²) in [6.45, 7) is 4.21. The first-order valence-electron chi connectivity index (χ1n) is 7.07. The number of fused-ring (bicyclic) bond motifs is 1. The number of hydrogen-bond donors (Lipinski definition) is 1. The molecule has 1 heterocycles. The lowest BCUT2D eigenvalue weighted by atomic mass is 10.1. The molecule has 0 radical (unpaired) electrons. The quantitative estimate of drug-likeness (QED) is 0.753. The van der Waals surface area contributed by atoms with Crippen LogP contribution in [-0.4, -0.2) is 4.98 Å². The van der Waals surface area contributed by atoms with Gasteiger partial charge >= 0.3 is 0 Å². The number of rotatable bonds is 3. The number of nitrogens with two attached hydrogens (primary N) is 1. The second kappa shape index (κ2) is 5.44. The van der Waals surface area contributed by atoms with Crippen LogP contribution in [0.5, 0.6) is 11.5 Å². The van der Waals surface area contributed by atoms with Gasteiger partial charge in [-0.15, -0.1) is 0 Å². The molecule has 0 fully saturated rings. The molecule has 2 aromatic carbocycles. The van der Waals surface area contributed by atoms with Gasteiger partial charge in [-0.25, -0.2) is 4.98 Å². The van der Waals surface area contributed by atoms with Gasteiger partial charge in [0.2, 0.25) is 0 Å². The zero-order valence-corrected chi connectivity index (χ0v) is 12.2. The van der Waals surface area contributed by atoms with Gasteiger partial charge in [-0.3, -0.25) is 0 Å². The molecule has 3 heteroatoms. The minimum absolute atomic E-state index is 0.321. The average molecular weight is 278 g/mol. The van der Waals surface area contributed by atoms with Crippen molar-refractivity contribution in [3.05, 3.63) is 60.3 Å². The number of aromatic nitrogens is 1. The summed E-state index contributed by atoms with van der Waals surface area (Å²) in [6.07, 6.45) is 0. The first-order valence-corrected chi connectivity index (χ1v) is 7.07. The predicted molar refractivity (Wildman–Crippen MR) is 86.8 cm³/mol. The van der Waals surface area contributed by atoms with E-state index in [9.17, 15) is 0 Å². The topological polar surface area (TPSA) is 48.1 Å². The van der Waals surface area contributed by atoms with Crippen molar-refractivity contribution in [3.8, 4) is 11.5 Å². The summed E-state index contributed by atoms with van der Waals surface area (Å²) in [7, 11) is 0. The van der Waals surface area contributed by atoms with Gasteiger partial charge in [0.1, 0.15) is 11.3 Å². The van der Waals surface area contributed by atoms with Crippen LogP contribution in [0.15, 0.2) is 54.6 Å². The third-order valence-electron chi connectivity index (χ3n) is 3.42. The molecule has 3 aromatic rings. The largest absolute Gasteiger partial charge is 0.455 e. The van der Waals surface area contributed by atoms with Crippen molar-refractivity contribution >= 4 is 16.6 Å². The van der Waals surface area contributed by atoms with Crippen LogP contribution >= 0.6 is 0 Å². The predicted octanol–water partition coefficient (Wildman–Crippen LogP) is 4.73. The molecule has 0 saturated carbocycles. The number of nitrogen functional groups attached to an aromatic ring is 1. The van der Waals surface area contributed by atoms with Crippen molar-refractivity contribution in [2.45, 2.75) is 19.8 Å². The molecule has 106 valence electrons. The number of hydrogen-bond acceptors (Lipinski definition) is 3. The van der Waals surface area contributed by atoms with Crippen LogP contribution in [0.25, 0.3) is 10.9 Å². The van der Waals surface area contributed by atoms with E-state index in [1.807, 2.05) is 54.6 Å². The highest BCUT2D eigenvalue weighted by atomic mass is 16.5. The van der Waals surface area contributed by atoms with E-state index in [1.165, 1.54) is 0 Å². The minimum atomic E-state index is 0.321. The van der Waals surface area contributed by atoms with E-state index in [2.05, 4.69) is 13.8 Å². The smallest absolute Gasteiger partial charge is 0.153 e. The SMILES string of the molecule is CC(C)c1cc(N)c2cccc(Oc3ccccc3)c2n1. The van der Waals surface area contributed by atoms with E-state index in [1.54, 1.807) is 0 Å². The molecule has 0 saturated heterocycles. The van der Waals surface area contributed by atoms with Gasteiger partial charge in [-0.05, 0) is 30.2 Å². The molecule has 0 aliphatic heterocycles. The zero-order chi connectivity index (χ0) is 14.8. The molecule has 21 heavy (non-hydrogen) atoms. The Balaban J connectivity index is 2.14. The maximum absolute atomic E-state index is 6.16. The highest BCUT2D eigenvalue weighted by Crippen LogP contribution is 2.32. The Hall–Kier alpha value is -2.55. The molecule has 0 spiro atoms. The van der Waals surface area contributed by atoms with Crippen molar-refractivity contribution in [2.75, 3.05) is 5.73 Å². The molecule has 0 aliphatic carbocycles. The number of benzene rings is 2. The van der Waals surface area contributed by atoms with Crippen LogP contribution in [0.2, 0.25) is 0 Å². The molecule has 0 amide bonds. The van der Waals surface area contributed by atoms with Crippen molar-refractivity contribution in [3.63, 3.8) is 0 Å². The summed E-state index contributed by atoms with van der Waals surface area (Å²) in [5, 5.41) is 0.924. The van der Waals surface area contributed by atoms with E-state index in [4.69, 9.17) is 15.5 Å². The molecule has 0 bridgehead atoms. The summed E-state index contributed by atoms with van der Waals surface area (Å²) in [5.41, 5.74) is 8.69. The fourth-order valence-corrected chi connectivity index (χ4v) is 2.26. The van der Waals surface area contributed by atoms with Crippen molar-refractivity contribution < 1.29 is 4.74 Å². The zero-order valence-electron chi connectivity index (χ0n) is 12.2. The summed E-state index contributed by atoms with van der Waals surface area (Å²) in [6, 6.07) is 17.5. The van der Waals surface area contributed by atoms with Crippen LogP contribution in [0.4, 0.5) is 5.69 Å². The average Bonchev–Trinajstić information content (AvgIpc) is 2.49. The van der Waals surface area contributed by atoms with Crippen LogP contribution < -0.4 is 10.5 Å². The van der Waals surface area contributed by atoms with E-state index in [0.29, 0.717) is 5.92 Å². The molecular formula is C18H18N2O. The normalized spacial score (nSPS) is 11.0. The summed E-state index contributed by atoms with van der Waals surface area (Å²) >= 11 is 0. The molecule has 1 aromatic heterocycles. The first-order chi connectivity index (χ1) is 10.1. The molecule has 0 aliphatic rings. The third kappa shape index (κ3) is 2.68. The fourth-order valence-electron chi connectivity index (χ4n) is 2.26. The molecule has 3 nitrogen and oxygen atoms in total. The molecular weight excluding hydrogens is 260 g/mol. The highest BCUT2D eigenvalue weighted by Gasteiger charge is 2.11. The fraction of sp³-hybridized carbons (Fsp3) is 0.167. The Morgan fingerprint density at radius 2 is 1.76 bits per heavy atom. The summed E-state index contributed by atoms with van der Waals surface area (Å²) < 4.78 is 5.96. The minimum Gasteiger partial charge on any atom is -0.455 e. The van der Waals surface area contributed by atoms with E-state index >= 15 is 0 Å². The lowest BCUT2D eigenvalue weighted by Crippen LogP contribution is -1.98. The monoisotopic (exact) mass is 278 g/mol. The van der Waals surface area contributed by atoms with Crippen LogP contribution in [0.1, 0.15) is 25.5 Å². The van der Waals surface area contributed by atoms with E-state index in [0.717, 1.165) is 33.8 Å². The number of ether oxygens (including phenoxy) is 1. The van der Waals surface area contributed by atoms with Crippen molar-refractivity contribution in [1.82, 2.24) is 4.98 Å². The maximum Gasteiger partial charge on any atom is 0.153 e. The Kier molecular flexibility index (Phi) is 3.48. The van der Waals surface area contributed by atoms with Crippen LogP contribution in [0.3, 0.4) is 0 Å². The Morgan fingerprint density at radius 1 is 1.00 bits per heavy atom. The van der Waals surface area contributed by atoms with Crippen molar-refractivity contribution in [1.29, 1.82) is 0 Å². The lowest BCUT2D eigenvalue weighted by molar-refractivity contribution is 0.487.